The van der Waals surface area contributed by atoms with E-state index in [4.69, 9.17) is 10.5 Å². The fourth-order valence-electron chi connectivity index (χ4n) is 4.24. The summed E-state index contributed by atoms with van der Waals surface area (Å²) in [5.41, 5.74) is 12.0. The molecule has 3 N–H and O–H groups in total. The molecule has 5 heteroatoms. The van der Waals surface area contributed by atoms with E-state index in [1.165, 1.54) is 0 Å². The molecule has 0 radical (unpaired) electrons. The zero-order chi connectivity index (χ0) is 24.1. The van der Waals surface area contributed by atoms with E-state index in [9.17, 15) is 4.79 Å². The van der Waals surface area contributed by atoms with Crippen molar-refractivity contribution >= 4 is 29.0 Å². The molecule has 3 aromatic rings. The number of hydrogen-bond donors (Lipinski definition) is 2. The van der Waals surface area contributed by atoms with Crippen LogP contribution < -0.4 is 20.7 Å². The molecule has 1 aliphatic heterocycles. The van der Waals surface area contributed by atoms with Crippen molar-refractivity contribution in [1.82, 2.24) is 0 Å². The topological polar surface area (TPSA) is 67.6 Å². The molecule has 34 heavy (non-hydrogen) atoms. The molecule has 0 aromatic heterocycles. The third-order valence-electron chi connectivity index (χ3n) is 6.23. The van der Waals surface area contributed by atoms with E-state index in [2.05, 4.69) is 25.7 Å². The molecule has 4 rings (SSSR count). The van der Waals surface area contributed by atoms with Crippen molar-refractivity contribution in [3.63, 3.8) is 0 Å². The third kappa shape index (κ3) is 4.93. The Bertz CT molecular complexity index is 1190. The monoisotopic (exact) mass is 455 g/mol. The van der Waals surface area contributed by atoms with Gasteiger partial charge in [0.1, 0.15) is 5.75 Å². The molecular weight excluding hydrogens is 422 g/mol. The van der Waals surface area contributed by atoms with E-state index in [0.29, 0.717) is 36.2 Å². The number of carbonyl (C=O) groups is 1. The second-order valence-electron chi connectivity index (χ2n) is 8.77. The molecule has 1 amide bonds. The van der Waals surface area contributed by atoms with Gasteiger partial charge >= 0.3 is 0 Å². The fourth-order valence-corrected chi connectivity index (χ4v) is 4.24. The third-order valence-corrected chi connectivity index (χ3v) is 6.23. The maximum absolute atomic E-state index is 13.7. The molecule has 0 aliphatic carbocycles. The van der Waals surface area contributed by atoms with Crippen LogP contribution in [0.4, 0.5) is 17.1 Å². The molecule has 0 fully saturated rings. The number of ether oxygens (including phenoxy) is 1. The lowest BCUT2D eigenvalue weighted by molar-refractivity contribution is 0.0986. The van der Waals surface area contributed by atoms with Crippen molar-refractivity contribution in [1.29, 1.82) is 0 Å². The second kappa shape index (κ2) is 10.5. The van der Waals surface area contributed by atoms with E-state index in [0.717, 1.165) is 47.3 Å². The Kier molecular flexibility index (Phi) is 7.21. The number of hydrogen-bond acceptors (Lipinski definition) is 4. The van der Waals surface area contributed by atoms with Gasteiger partial charge < -0.3 is 20.7 Å². The molecule has 0 spiro atoms. The van der Waals surface area contributed by atoms with Crippen LogP contribution in [-0.4, -0.2) is 25.1 Å². The van der Waals surface area contributed by atoms with Gasteiger partial charge in [0.2, 0.25) is 0 Å². The maximum atomic E-state index is 13.7. The summed E-state index contributed by atoms with van der Waals surface area (Å²) in [6.07, 6.45) is 4.60. The Labute approximate surface area is 202 Å². The molecule has 176 valence electrons. The smallest absolute Gasteiger partial charge is 0.258 e. The summed E-state index contributed by atoms with van der Waals surface area (Å²) < 4.78 is 6.18. The number of anilines is 3. The first-order valence-electron chi connectivity index (χ1n) is 12.0. The first kappa shape index (κ1) is 23.4. The number of nitrogens with zero attached hydrogens (tertiary/aromatic N) is 1. The highest BCUT2D eigenvalue weighted by Gasteiger charge is 2.25. The second-order valence-corrected chi connectivity index (χ2v) is 8.77. The van der Waals surface area contributed by atoms with Crippen LogP contribution in [0.2, 0.25) is 0 Å². The molecule has 0 unspecified atom stereocenters. The van der Waals surface area contributed by atoms with Crippen LogP contribution in [0.1, 0.15) is 49.0 Å². The van der Waals surface area contributed by atoms with Gasteiger partial charge in [0, 0.05) is 29.4 Å². The number of benzene rings is 3. The molecule has 1 atom stereocenters. The van der Waals surface area contributed by atoms with Crippen LogP contribution in [0.3, 0.4) is 0 Å². The predicted molar refractivity (Wildman–Crippen MR) is 143 cm³/mol. The van der Waals surface area contributed by atoms with Gasteiger partial charge in [-0.1, -0.05) is 44.2 Å². The molecule has 1 heterocycles. The van der Waals surface area contributed by atoms with Gasteiger partial charge in [-0.05, 0) is 73.4 Å². The van der Waals surface area contributed by atoms with Crippen LogP contribution in [-0.2, 0) is 0 Å². The number of unbranched alkanes of at least 4 members (excludes halogenated alkanes) is 1. The van der Waals surface area contributed by atoms with Crippen LogP contribution in [0, 0.1) is 0 Å². The van der Waals surface area contributed by atoms with Crippen LogP contribution in [0.25, 0.3) is 17.2 Å². The lowest BCUT2D eigenvalue weighted by Gasteiger charge is -2.23. The molecular formula is C29H33N3O2. The Morgan fingerprint density at radius 1 is 1.21 bits per heavy atom. The average Bonchev–Trinajstić information content (AvgIpc) is 3.02. The van der Waals surface area contributed by atoms with Gasteiger partial charge in [0.15, 0.2) is 0 Å². The number of amides is 1. The van der Waals surface area contributed by atoms with Gasteiger partial charge in [-0.25, -0.2) is 0 Å². The highest BCUT2D eigenvalue weighted by Crippen LogP contribution is 2.35. The van der Waals surface area contributed by atoms with E-state index < -0.39 is 0 Å². The minimum Gasteiger partial charge on any atom is -0.493 e. The summed E-state index contributed by atoms with van der Waals surface area (Å²) in [7, 11) is 0. The zero-order valence-corrected chi connectivity index (χ0v) is 20.0. The summed E-state index contributed by atoms with van der Waals surface area (Å²) >= 11 is 0. The lowest BCUT2D eigenvalue weighted by Crippen LogP contribution is -2.32. The van der Waals surface area contributed by atoms with E-state index in [1.807, 2.05) is 65.6 Å². The number of nitrogens with two attached hydrogens (primary N) is 1. The fraction of sp³-hybridized carbons (Fsp3) is 0.276. The number of nitrogen functional groups attached to an aromatic ring is 1. The maximum Gasteiger partial charge on any atom is 0.258 e. The SMILES string of the molecule is C=Cc1cc(-c2ccc(C(=O)N3CC[C@H](C)Nc4ccccc43)cc2OCCCC)ccc1N. The van der Waals surface area contributed by atoms with Crippen molar-refractivity contribution in [2.75, 3.05) is 29.1 Å². The Hall–Kier alpha value is -3.73. The summed E-state index contributed by atoms with van der Waals surface area (Å²) in [4.78, 5) is 15.6. The quantitative estimate of drug-likeness (QED) is 0.311. The standard InChI is InChI=1S/C29H33N3O2/c1-4-6-17-34-28-19-23(11-13-24(28)22-12-14-25(30)21(5-2)18-22)29(33)32-16-15-20(3)31-26-9-7-8-10-27(26)32/h5,7-14,18-20,31H,2,4,6,15-17,30H2,1,3H3/t20-/m0/s1. The highest BCUT2D eigenvalue weighted by atomic mass is 16.5. The first-order valence-corrected chi connectivity index (χ1v) is 12.0. The van der Waals surface area contributed by atoms with Gasteiger partial charge in [0.25, 0.3) is 5.91 Å². The Morgan fingerprint density at radius 3 is 2.82 bits per heavy atom. The number of nitrogens with one attached hydrogen (secondary N) is 1. The van der Waals surface area contributed by atoms with Crippen molar-refractivity contribution < 1.29 is 9.53 Å². The minimum atomic E-state index is -0.0284. The van der Waals surface area contributed by atoms with Crippen LogP contribution >= 0.6 is 0 Å². The summed E-state index contributed by atoms with van der Waals surface area (Å²) in [6.45, 7) is 9.38. The number of carbonyl (C=O) groups excluding carboxylic acids is 1. The van der Waals surface area contributed by atoms with Crippen molar-refractivity contribution in [2.24, 2.45) is 0 Å². The molecule has 3 aromatic carbocycles. The predicted octanol–water partition coefficient (Wildman–Crippen LogP) is 6.61. The normalized spacial score (nSPS) is 15.1. The number of fused-ring (bicyclic) bond motifs is 1. The average molecular weight is 456 g/mol. The van der Waals surface area contributed by atoms with Gasteiger partial charge in [-0.2, -0.15) is 0 Å². The summed E-state index contributed by atoms with van der Waals surface area (Å²) in [5.74, 6) is 0.674. The largest absolute Gasteiger partial charge is 0.493 e. The first-order chi connectivity index (χ1) is 16.5. The molecule has 1 aliphatic rings. The van der Waals surface area contributed by atoms with Crippen molar-refractivity contribution in [3.05, 3.63) is 78.4 Å². The van der Waals surface area contributed by atoms with Gasteiger partial charge in [0.05, 0.1) is 18.0 Å². The van der Waals surface area contributed by atoms with Gasteiger partial charge in [-0.3, -0.25) is 4.79 Å². The van der Waals surface area contributed by atoms with Crippen molar-refractivity contribution in [2.45, 2.75) is 39.2 Å². The Balaban J connectivity index is 1.72. The molecule has 0 saturated carbocycles. The number of para-hydroxylation sites is 2. The minimum absolute atomic E-state index is 0.0284. The van der Waals surface area contributed by atoms with Crippen molar-refractivity contribution in [3.8, 4) is 16.9 Å². The van der Waals surface area contributed by atoms with E-state index in [-0.39, 0.29) is 5.91 Å². The lowest BCUT2D eigenvalue weighted by atomic mass is 9.99. The number of rotatable bonds is 7. The molecule has 0 saturated heterocycles. The van der Waals surface area contributed by atoms with E-state index in [1.54, 1.807) is 6.08 Å². The zero-order valence-electron chi connectivity index (χ0n) is 20.0. The highest BCUT2D eigenvalue weighted by molar-refractivity contribution is 6.08. The summed E-state index contributed by atoms with van der Waals surface area (Å²) in [5, 5.41) is 3.51. The van der Waals surface area contributed by atoms with E-state index >= 15 is 0 Å². The molecule has 5 nitrogen and oxygen atoms in total. The Morgan fingerprint density at radius 2 is 2.03 bits per heavy atom. The van der Waals surface area contributed by atoms with Crippen LogP contribution in [0.15, 0.2) is 67.2 Å². The summed E-state index contributed by atoms with van der Waals surface area (Å²) in [6, 6.07) is 19.9. The molecule has 0 bridgehead atoms. The van der Waals surface area contributed by atoms with Crippen LogP contribution in [0.5, 0.6) is 5.75 Å². The van der Waals surface area contributed by atoms with Gasteiger partial charge in [-0.15, -0.1) is 0 Å².